The molecule has 0 spiro atoms. The van der Waals surface area contributed by atoms with Crippen LogP contribution in [0.2, 0.25) is 0 Å². The zero-order chi connectivity index (χ0) is 16.9. The van der Waals surface area contributed by atoms with Gasteiger partial charge in [0, 0.05) is 26.0 Å². The minimum Gasteiger partial charge on any atom is -0.354 e. The molecule has 0 saturated heterocycles. The second-order valence-corrected chi connectivity index (χ2v) is 6.40. The van der Waals surface area contributed by atoms with Crippen LogP contribution in [-0.4, -0.2) is 36.0 Å². The number of fused-ring (bicyclic) bond motifs is 1. The molecule has 0 aliphatic rings. The molecule has 7 heteroatoms. The van der Waals surface area contributed by atoms with Crippen molar-refractivity contribution in [2.45, 2.75) is 6.42 Å². The number of rotatable bonds is 6. The second-order valence-electron chi connectivity index (χ2n) is 5.39. The Labute approximate surface area is 143 Å². The Morgan fingerprint density at radius 3 is 2.83 bits per heavy atom. The van der Waals surface area contributed by atoms with Crippen molar-refractivity contribution >= 4 is 32.6 Å². The first kappa shape index (κ1) is 16.3. The fourth-order valence-electron chi connectivity index (χ4n) is 2.30. The largest absolute Gasteiger partial charge is 0.354 e. The molecule has 0 radical (unpaired) electrons. The number of hydrogen-bond donors (Lipinski definition) is 1. The van der Waals surface area contributed by atoms with E-state index >= 15 is 0 Å². The summed E-state index contributed by atoms with van der Waals surface area (Å²) in [6, 6.07) is 8.72. The first-order valence-corrected chi connectivity index (χ1v) is 8.37. The van der Waals surface area contributed by atoms with Crippen LogP contribution >= 0.6 is 11.3 Å². The molecule has 0 saturated carbocycles. The Morgan fingerprint density at radius 1 is 1.29 bits per heavy atom. The van der Waals surface area contributed by atoms with Gasteiger partial charge in [-0.05, 0) is 36.2 Å². The van der Waals surface area contributed by atoms with Crippen molar-refractivity contribution in [1.29, 1.82) is 0 Å². The van der Waals surface area contributed by atoms with Crippen LogP contribution in [-0.2, 0) is 11.2 Å². The lowest BCUT2D eigenvalue weighted by Crippen LogP contribution is -2.36. The van der Waals surface area contributed by atoms with E-state index < -0.39 is 0 Å². The third-order valence-electron chi connectivity index (χ3n) is 3.55. The molecule has 0 unspecified atom stereocenters. The molecule has 0 atom stereocenters. The van der Waals surface area contributed by atoms with Gasteiger partial charge in [0.1, 0.15) is 11.3 Å². The molecule has 1 N–H and O–H groups in total. The number of benzene rings is 1. The molecule has 0 bridgehead atoms. The number of pyridine rings is 1. The summed E-state index contributed by atoms with van der Waals surface area (Å²) in [5.41, 5.74) is 1.47. The number of thiazole rings is 1. The van der Waals surface area contributed by atoms with E-state index in [1.165, 1.54) is 17.4 Å². The Kier molecular flexibility index (Phi) is 5.00. The van der Waals surface area contributed by atoms with E-state index in [0.717, 1.165) is 16.7 Å². The van der Waals surface area contributed by atoms with E-state index in [4.69, 9.17) is 0 Å². The highest BCUT2D eigenvalue weighted by atomic mass is 32.1. The lowest BCUT2D eigenvalue weighted by Gasteiger charge is -2.15. The lowest BCUT2D eigenvalue weighted by molar-refractivity contribution is -0.119. The average Bonchev–Trinajstić information content (AvgIpc) is 3.02. The first-order chi connectivity index (χ1) is 11.6. The van der Waals surface area contributed by atoms with Crippen LogP contribution in [0.1, 0.15) is 5.56 Å². The molecule has 2 heterocycles. The maximum Gasteiger partial charge on any atom is 0.239 e. The quantitative estimate of drug-likeness (QED) is 0.747. The Balaban J connectivity index is 1.54. The van der Waals surface area contributed by atoms with Gasteiger partial charge in [-0.1, -0.05) is 17.4 Å². The van der Waals surface area contributed by atoms with Crippen molar-refractivity contribution in [3.8, 4) is 0 Å². The molecule has 0 aliphatic carbocycles. The second kappa shape index (κ2) is 7.35. The summed E-state index contributed by atoms with van der Waals surface area (Å²) in [5.74, 6) is -0.434. The highest BCUT2D eigenvalue weighted by Gasteiger charge is 2.13. The van der Waals surface area contributed by atoms with E-state index in [9.17, 15) is 9.18 Å². The fraction of sp³-hybridized carbons (Fsp3) is 0.235. The summed E-state index contributed by atoms with van der Waals surface area (Å²) in [7, 11) is 1.78. The number of nitrogens with zero attached hydrogens (tertiary/aromatic N) is 3. The zero-order valence-electron chi connectivity index (χ0n) is 13.2. The predicted molar refractivity (Wildman–Crippen MR) is 93.8 cm³/mol. The van der Waals surface area contributed by atoms with Gasteiger partial charge in [-0.2, -0.15) is 0 Å². The van der Waals surface area contributed by atoms with Gasteiger partial charge in [0.2, 0.25) is 5.91 Å². The van der Waals surface area contributed by atoms with Crippen molar-refractivity contribution in [2.24, 2.45) is 0 Å². The molecular formula is C17H17FN4OS. The van der Waals surface area contributed by atoms with Crippen LogP contribution < -0.4 is 10.2 Å². The number of halogens is 1. The van der Waals surface area contributed by atoms with E-state index in [-0.39, 0.29) is 18.3 Å². The van der Waals surface area contributed by atoms with Gasteiger partial charge in [0.05, 0.1) is 11.2 Å². The summed E-state index contributed by atoms with van der Waals surface area (Å²) in [6.07, 6.45) is 4.22. The number of carbonyl (C=O) groups excluding carboxylic acids is 1. The minimum absolute atomic E-state index is 0.0914. The van der Waals surface area contributed by atoms with Gasteiger partial charge in [-0.25, -0.2) is 9.37 Å². The van der Waals surface area contributed by atoms with Crippen molar-refractivity contribution in [3.63, 3.8) is 0 Å². The molecular weight excluding hydrogens is 327 g/mol. The minimum atomic E-state index is -0.342. The van der Waals surface area contributed by atoms with E-state index in [1.807, 2.05) is 18.2 Å². The molecule has 0 aliphatic heterocycles. The maximum absolute atomic E-state index is 13.7. The van der Waals surface area contributed by atoms with Crippen LogP contribution in [0, 0.1) is 5.82 Å². The Hall–Kier alpha value is -2.54. The molecule has 24 heavy (non-hydrogen) atoms. The van der Waals surface area contributed by atoms with Gasteiger partial charge in [0.15, 0.2) is 5.13 Å². The summed E-state index contributed by atoms with van der Waals surface area (Å²) in [5, 5.41) is 3.50. The number of amides is 1. The van der Waals surface area contributed by atoms with Crippen molar-refractivity contribution in [2.75, 3.05) is 25.0 Å². The standard InChI is InChI=1S/C17H17FN4OS/c1-22(17-21-16-13(18)3-2-4-14(16)24-17)11-15(23)20-10-7-12-5-8-19-9-6-12/h2-6,8-9H,7,10-11H2,1H3,(H,20,23). The number of hydrogen-bond acceptors (Lipinski definition) is 5. The van der Waals surface area contributed by atoms with Crippen molar-refractivity contribution < 1.29 is 9.18 Å². The molecule has 5 nitrogen and oxygen atoms in total. The van der Waals surface area contributed by atoms with Crippen LogP contribution in [0.15, 0.2) is 42.7 Å². The average molecular weight is 344 g/mol. The summed E-state index contributed by atoms with van der Waals surface area (Å²) >= 11 is 1.37. The number of likely N-dealkylation sites (N-methyl/N-ethyl adjacent to an activating group) is 1. The van der Waals surface area contributed by atoms with Crippen LogP contribution in [0.5, 0.6) is 0 Å². The third-order valence-corrected chi connectivity index (χ3v) is 4.69. The number of anilines is 1. The lowest BCUT2D eigenvalue weighted by atomic mass is 10.2. The molecule has 3 aromatic rings. The van der Waals surface area contributed by atoms with Crippen molar-refractivity contribution in [3.05, 3.63) is 54.1 Å². The van der Waals surface area contributed by atoms with Gasteiger partial charge < -0.3 is 10.2 Å². The summed E-state index contributed by atoms with van der Waals surface area (Å²) in [6.45, 7) is 0.739. The molecule has 124 valence electrons. The highest BCUT2D eigenvalue weighted by molar-refractivity contribution is 7.22. The van der Waals surface area contributed by atoms with Gasteiger partial charge >= 0.3 is 0 Å². The van der Waals surface area contributed by atoms with Crippen LogP contribution in [0.4, 0.5) is 9.52 Å². The first-order valence-electron chi connectivity index (χ1n) is 7.55. The number of aromatic nitrogens is 2. The van der Waals surface area contributed by atoms with Crippen molar-refractivity contribution in [1.82, 2.24) is 15.3 Å². The number of nitrogens with one attached hydrogen (secondary N) is 1. The molecule has 1 amide bonds. The monoisotopic (exact) mass is 344 g/mol. The van der Waals surface area contributed by atoms with Gasteiger partial charge in [-0.3, -0.25) is 9.78 Å². The number of carbonyl (C=O) groups is 1. The molecule has 3 rings (SSSR count). The zero-order valence-corrected chi connectivity index (χ0v) is 14.0. The Bertz CT molecular complexity index is 837. The van der Waals surface area contributed by atoms with E-state index in [0.29, 0.717) is 17.2 Å². The maximum atomic E-state index is 13.7. The van der Waals surface area contributed by atoms with E-state index in [1.54, 1.807) is 30.4 Å². The van der Waals surface area contributed by atoms with Crippen LogP contribution in [0.3, 0.4) is 0 Å². The Morgan fingerprint density at radius 2 is 2.08 bits per heavy atom. The smallest absolute Gasteiger partial charge is 0.239 e. The summed E-state index contributed by atoms with van der Waals surface area (Å²) in [4.78, 5) is 22.0. The summed E-state index contributed by atoms with van der Waals surface area (Å²) < 4.78 is 14.5. The molecule has 0 fully saturated rings. The van der Waals surface area contributed by atoms with Gasteiger partial charge in [0.25, 0.3) is 0 Å². The molecule has 2 aromatic heterocycles. The van der Waals surface area contributed by atoms with Gasteiger partial charge in [-0.15, -0.1) is 0 Å². The van der Waals surface area contributed by atoms with E-state index in [2.05, 4.69) is 15.3 Å². The molecule has 1 aromatic carbocycles. The third kappa shape index (κ3) is 3.86. The normalized spacial score (nSPS) is 10.8. The highest BCUT2D eigenvalue weighted by Crippen LogP contribution is 2.29. The SMILES string of the molecule is CN(CC(=O)NCCc1ccncc1)c1nc2c(F)cccc2s1. The topological polar surface area (TPSA) is 58.1 Å². The number of para-hydroxylation sites is 1. The van der Waals surface area contributed by atoms with Crippen LogP contribution in [0.25, 0.3) is 10.2 Å². The fourth-order valence-corrected chi connectivity index (χ4v) is 3.24. The predicted octanol–water partition coefficient (Wildman–Crippen LogP) is 2.63.